The van der Waals surface area contributed by atoms with Gasteiger partial charge < -0.3 is 9.47 Å². The Morgan fingerprint density at radius 3 is 2.43 bits per heavy atom. The summed E-state index contributed by atoms with van der Waals surface area (Å²) in [4.78, 5) is 0.410. The molecule has 0 aliphatic heterocycles. The smallest absolute Gasteiger partial charge is 0.161 e. The van der Waals surface area contributed by atoms with Gasteiger partial charge in [-0.15, -0.1) is 0 Å². The van der Waals surface area contributed by atoms with Gasteiger partial charge in [0.2, 0.25) is 0 Å². The van der Waals surface area contributed by atoms with E-state index in [-0.39, 0.29) is 0 Å². The third-order valence-corrected chi connectivity index (χ3v) is 5.22. The van der Waals surface area contributed by atoms with E-state index in [9.17, 15) is 0 Å². The van der Waals surface area contributed by atoms with Crippen molar-refractivity contribution in [3.05, 3.63) is 23.8 Å². The molecule has 1 aliphatic rings. The van der Waals surface area contributed by atoms with Gasteiger partial charge in [0.05, 0.1) is 13.2 Å². The van der Waals surface area contributed by atoms with Crippen molar-refractivity contribution in [2.45, 2.75) is 57.2 Å². The van der Waals surface area contributed by atoms with Gasteiger partial charge in [0.15, 0.2) is 11.5 Å². The molecule has 1 aromatic rings. The fourth-order valence-electron chi connectivity index (χ4n) is 3.11. The second-order valence-corrected chi connectivity index (χ2v) is 6.87. The van der Waals surface area contributed by atoms with Crippen molar-refractivity contribution < 1.29 is 9.47 Å². The van der Waals surface area contributed by atoms with Gasteiger partial charge in [0, 0.05) is 4.83 Å². The van der Waals surface area contributed by atoms with Crippen LogP contribution in [0.4, 0.5) is 0 Å². The van der Waals surface area contributed by atoms with E-state index in [0.717, 1.165) is 17.4 Å². The lowest BCUT2D eigenvalue weighted by molar-refractivity contribution is 0.287. The maximum atomic E-state index is 5.71. The largest absolute Gasteiger partial charge is 0.490 e. The minimum atomic E-state index is 0.410. The number of hydrogen-bond acceptors (Lipinski definition) is 2. The molecule has 1 aromatic carbocycles. The topological polar surface area (TPSA) is 18.5 Å². The van der Waals surface area contributed by atoms with Gasteiger partial charge in [0.25, 0.3) is 0 Å². The van der Waals surface area contributed by atoms with E-state index in [4.69, 9.17) is 9.47 Å². The minimum absolute atomic E-state index is 0.410. The molecule has 21 heavy (non-hydrogen) atoms. The Balaban J connectivity index is 1.98. The molecule has 0 saturated heterocycles. The molecular formula is C18H27BrO2. The van der Waals surface area contributed by atoms with Crippen molar-refractivity contribution in [1.29, 1.82) is 0 Å². The number of ether oxygens (including phenoxy) is 2. The molecule has 0 N–H and O–H groups in total. The highest BCUT2D eigenvalue weighted by Gasteiger charge is 2.18. The zero-order valence-corrected chi connectivity index (χ0v) is 14.8. The third-order valence-electron chi connectivity index (χ3n) is 4.23. The summed E-state index contributed by atoms with van der Waals surface area (Å²) >= 11 is 3.85. The van der Waals surface area contributed by atoms with E-state index in [1.165, 1.54) is 44.1 Å². The van der Waals surface area contributed by atoms with Crippen molar-refractivity contribution in [3.8, 4) is 11.5 Å². The summed E-state index contributed by atoms with van der Waals surface area (Å²) in [5.41, 5.74) is 1.29. The molecule has 118 valence electrons. The second kappa shape index (κ2) is 8.67. The van der Waals surface area contributed by atoms with Gasteiger partial charge in [-0.2, -0.15) is 0 Å². The summed E-state index contributed by atoms with van der Waals surface area (Å²) in [6.07, 6.45) is 8.22. The molecule has 2 nitrogen and oxygen atoms in total. The first-order valence-electron chi connectivity index (χ1n) is 8.28. The van der Waals surface area contributed by atoms with Crippen LogP contribution in [0, 0.1) is 5.92 Å². The van der Waals surface area contributed by atoms with Crippen LogP contribution in [0.3, 0.4) is 0 Å². The first kappa shape index (κ1) is 16.7. The lowest BCUT2D eigenvalue weighted by Crippen LogP contribution is -2.01. The average molecular weight is 355 g/mol. The average Bonchev–Trinajstić information content (AvgIpc) is 3.00. The van der Waals surface area contributed by atoms with Crippen LogP contribution < -0.4 is 9.47 Å². The molecule has 2 rings (SSSR count). The zero-order valence-electron chi connectivity index (χ0n) is 13.2. The van der Waals surface area contributed by atoms with Gasteiger partial charge in [-0.05, 0) is 50.3 Å². The summed E-state index contributed by atoms with van der Waals surface area (Å²) in [5.74, 6) is 2.65. The molecule has 1 aliphatic carbocycles. The molecular weight excluding hydrogens is 328 g/mol. The second-order valence-electron chi connectivity index (χ2n) is 5.77. The van der Waals surface area contributed by atoms with Gasteiger partial charge in [-0.1, -0.05) is 47.7 Å². The Morgan fingerprint density at radius 2 is 1.76 bits per heavy atom. The van der Waals surface area contributed by atoms with Crippen LogP contribution in [0.5, 0.6) is 11.5 Å². The van der Waals surface area contributed by atoms with Crippen molar-refractivity contribution in [1.82, 2.24) is 0 Å². The molecule has 0 radical (unpaired) electrons. The fourth-order valence-corrected chi connectivity index (χ4v) is 3.66. The van der Waals surface area contributed by atoms with Gasteiger partial charge in [0.1, 0.15) is 0 Å². The molecule has 0 heterocycles. The van der Waals surface area contributed by atoms with Crippen LogP contribution in [-0.2, 0) is 0 Å². The maximum Gasteiger partial charge on any atom is 0.161 e. The van der Waals surface area contributed by atoms with Crippen LogP contribution in [0.1, 0.15) is 62.8 Å². The van der Waals surface area contributed by atoms with Crippen molar-refractivity contribution in [3.63, 3.8) is 0 Å². The molecule has 1 saturated carbocycles. The monoisotopic (exact) mass is 354 g/mol. The summed E-state index contributed by atoms with van der Waals surface area (Å²) in [7, 11) is 0. The summed E-state index contributed by atoms with van der Waals surface area (Å²) < 4.78 is 11.3. The molecule has 1 atom stereocenters. The number of rotatable bonds is 8. The van der Waals surface area contributed by atoms with Crippen LogP contribution in [0.25, 0.3) is 0 Å². The van der Waals surface area contributed by atoms with Gasteiger partial charge in [-0.3, -0.25) is 0 Å². The molecule has 3 heteroatoms. The van der Waals surface area contributed by atoms with Crippen molar-refractivity contribution in [2.24, 2.45) is 5.92 Å². The van der Waals surface area contributed by atoms with E-state index >= 15 is 0 Å². The van der Waals surface area contributed by atoms with E-state index in [2.05, 4.69) is 28.1 Å². The van der Waals surface area contributed by atoms with E-state index in [0.29, 0.717) is 18.0 Å². The maximum absolute atomic E-state index is 5.71. The molecule has 0 spiro atoms. The molecule has 0 bridgehead atoms. The Morgan fingerprint density at radius 1 is 1.10 bits per heavy atom. The van der Waals surface area contributed by atoms with Crippen LogP contribution in [0.2, 0.25) is 0 Å². The highest BCUT2D eigenvalue weighted by atomic mass is 79.9. The first-order chi connectivity index (χ1) is 10.2. The fraction of sp³-hybridized carbons (Fsp3) is 0.667. The van der Waals surface area contributed by atoms with E-state index in [1.54, 1.807) is 0 Å². The van der Waals surface area contributed by atoms with Gasteiger partial charge >= 0.3 is 0 Å². The minimum Gasteiger partial charge on any atom is -0.490 e. The Kier molecular flexibility index (Phi) is 6.88. The lowest BCUT2D eigenvalue weighted by atomic mass is 9.98. The first-order valence-corrected chi connectivity index (χ1v) is 9.19. The third kappa shape index (κ3) is 4.91. The van der Waals surface area contributed by atoms with Crippen LogP contribution >= 0.6 is 15.9 Å². The van der Waals surface area contributed by atoms with Crippen molar-refractivity contribution >= 4 is 15.9 Å². The van der Waals surface area contributed by atoms with Gasteiger partial charge in [-0.25, -0.2) is 0 Å². The quantitative estimate of drug-likeness (QED) is 0.541. The molecule has 1 unspecified atom stereocenters. The Hall–Kier alpha value is -0.700. The Bertz CT molecular complexity index is 427. The van der Waals surface area contributed by atoms with E-state index in [1.807, 2.05) is 19.9 Å². The molecule has 1 fully saturated rings. The summed E-state index contributed by atoms with van der Waals surface area (Å²) in [6.45, 7) is 5.34. The predicted octanol–water partition coefficient (Wildman–Crippen LogP) is 5.89. The summed E-state index contributed by atoms with van der Waals surface area (Å²) in [6, 6.07) is 6.32. The predicted molar refractivity (Wildman–Crippen MR) is 91.6 cm³/mol. The molecule has 0 aromatic heterocycles. The van der Waals surface area contributed by atoms with Crippen molar-refractivity contribution in [2.75, 3.05) is 13.2 Å². The number of alkyl halides is 1. The molecule has 0 amide bonds. The number of hydrogen-bond donors (Lipinski definition) is 0. The normalized spacial score (nSPS) is 16.9. The summed E-state index contributed by atoms with van der Waals surface area (Å²) in [5, 5.41) is 0. The highest BCUT2D eigenvalue weighted by Crippen LogP contribution is 2.38. The van der Waals surface area contributed by atoms with Crippen LogP contribution in [-0.4, -0.2) is 13.2 Å². The zero-order chi connectivity index (χ0) is 15.1. The SMILES string of the molecule is CCOc1ccc(C(Br)CCC2CCCC2)cc1OCC. The standard InChI is InChI=1S/C18H27BrO2/c1-3-20-17-12-10-15(13-18(17)21-4-2)16(19)11-9-14-7-5-6-8-14/h10,12-14,16H,3-9,11H2,1-2H3. The number of benzene rings is 1. The van der Waals surface area contributed by atoms with E-state index < -0.39 is 0 Å². The number of halogens is 1. The van der Waals surface area contributed by atoms with Crippen LogP contribution in [0.15, 0.2) is 18.2 Å². The Labute approximate surface area is 137 Å². The lowest BCUT2D eigenvalue weighted by Gasteiger charge is -2.16. The highest BCUT2D eigenvalue weighted by molar-refractivity contribution is 9.09.